The lowest BCUT2D eigenvalue weighted by Gasteiger charge is -2.39. The number of aromatic nitrogens is 1. The molecule has 2 saturated heterocycles. The summed E-state index contributed by atoms with van der Waals surface area (Å²) in [7, 11) is 1.65. The predicted molar refractivity (Wildman–Crippen MR) is 153 cm³/mol. The van der Waals surface area contributed by atoms with Crippen molar-refractivity contribution in [2.75, 3.05) is 66.2 Å². The molecule has 3 aliphatic heterocycles. The fourth-order valence-electron chi connectivity index (χ4n) is 5.81. The first-order valence-corrected chi connectivity index (χ1v) is 13.8. The second kappa shape index (κ2) is 10.7. The third-order valence-electron chi connectivity index (χ3n) is 8.02. The number of benzene rings is 2. The zero-order chi connectivity index (χ0) is 30.6. The number of anilines is 3. The van der Waals surface area contributed by atoms with Gasteiger partial charge < -0.3 is 29.2 Å². The number of amides is 1. The Labute approximate surface area is 244 Å². The number of carbonyl (C=O) groups is 3. The Morgan fingerprint density at radius 3 is 2.44 bits per heavy atom. The van der Waals surface area contributed by atoms with E-state index in [1.165, 1.54) is 28.8 Å². The van der Waals surface area contributed by atoms with Gasteiger partial charge in [-0.2, -0.15) is 0 Å². The van der Waals surface area contributed by atoms with Gasteiger partial charge in [0, 0.05) is 45.8 Å². The Balaban J connectivity index is 1.21. The second-order valence-corrected chi connectivity index (χ2v) is 10.9. The smallest absolute Gasteiger partial charge is 0.414 e. The van der Waals surface area contributed by atoms with E-state index < -0.39 is 40.8 Å². The minimum Gasteiger partial charge on any atom is -0.477 e. The monoisotopic (exact) mass is 597 g/mol. The summed E-state index contributed by atoms with van der Waals surface area (Å²) in [5.41, 5.74) is -0.172. The van der Waals surface area contributed by atoms with Crippen LogP contribution in [0.4, 0.5) is 30.6 Å². The summed E-state index contributed by atoms with van der Waals surface area (Å²) < 4.78 is 43.6. The van der Waals surface area contributed by atoms with Gasteiger partial charge in [-0.3, -0.25) is 19.4 Å². The summed E-state index contributed by atoms with van der Waals surface area (Å²) in [6.07, 6.45) is 0.883. The molecule has 0 saturated carbocycles. The number of hydrogen-bond donors (Lipinski definition) is 1. The van der Waals surface area contributed by atoms with E-state index in [9.17, 15) is 24.3 Å². The maximum absolute atomic E-state index is 15.6. The van der Waals surface area contributed by atoms with Gasteiger partial charge in [0.15, 0.2) is 18.3 Å². The second-order valence-electron chi connectivity index (χ2n) is 10.9. The lowest BCUT2D eigenvalue weighted by atomic mass is 10.1. The van der Waals surface area contributed by atoms with Crippen LogP contribution in [0.15, 0.2) is 35.3 Å². The zero-order valence-electron chi connectivity index (χ0n) is 23.5. The molecule has 3 aromatic rings. The molecular weight excluding hydrogens is 568 g/mol. The van der Waals surface area contributed by atoms with Crippen molar-refractivity contribution in [3.8, 4) is 5.75 Å². The molecule has 2 aromatic carbocycles. The minimum atomic E-state index is -1.41. The Hall–Kier alpha value is -4.88. The Kier molecular flexibility index (Phi) is 7.06. The number of carboxylic acids is 1. The molecule has 0 spiro atoms. The first kappa shape index (κ1) is 28.2. The van der Waals surface area contributed by atoms with Crippen LogP contribution in [0.2, 0.25) is 0 Å². The van der Waals surface area contributed by atoms with Crippen LogP contribution in [0, 0.1) is 11.6 Å². The van der Waals surface area contributed by atoms with Crippen molar-refractivity contribution in [3.05, 3.63) is 57.9 Å². The van der Waals surface area contributed by atoms with Gasteiger partial charge in [0.25, 0.3) is 0 Å². The van der Waals surface area contributed by atoms with Crippen LogP contribution in [-0.2, 0) is 9.53 Å². The molecule has 12 nitrogen and oxygen atoms in total. The fraction of sp³-hybridized carbons (Fsp3) is 0.379. The van der Waals surface area contributed by atoms with Crippen molar-refractivity contribution < 1.29 is 37.7 Å². The van der Waals surface area contributed by atoms with Crippen LogP contribution in [0.1, 0.15) is 30.1 Å². The van der Waals surface area contributed by atoms with Gasteiger partial charge in [-0.15, -0.1) is 0 Å². The van der Waals surface area contributed by atoms with Gasteiger partial charge in [-0.25, -0.2) is 18.4 Å². The average Bonchev–Trinajstić information content (AvgIpc) is 3.35. The third-order valence-corrected chi connectivity index (χ3v) is 8.02. The summed E-state index contributed by atoms with van der Waals surface area (Å²) in [6, 6.07) is 5.55. The zero-order valence-corrected chi connectivity index (χ0v) is 23.5. The van der Waals surface area contributed by atoms with Gasteiger partial charge in [0.1, 0.15) is 34.5 Å². The number of piperazine rings is 1. The number of nitrogens with zero attached hydrogens (tertiary/aromatic N) is 5. The molecule has 43 heavy (non-hydrogen) atoms. The lowest BCUT2D eigenvalue weighted by molar-refractivity contribution is -0.117. The van der Waals surface area contributed by atoms with Crippen molar-refractivity contribution in [2.45, 2.75) is 25.9 Å². The number of cyclic esters (lactones) is 1. The van der Waals surface area contributed by atoms with E-state index in [2.05, 4.69) is 0 Å². The fourth-order valence-corrected chi connectivity index (χ4v) is 5.81. The molecule has 2 fully saturated rings. The number of halogens is 2. The van der Waals surface area contributed by atoms with Crippen molar-refractivity contribution >= 4 is 45.8 Å². The first-order chi connectivity index (χ1) is 20.5. The van der Waals surface area contributed by atoms with E-state index in [1.807, 2.05) is 4.90 Å². The lowest BCUT2D eigenvalue weighted by Crippen LogP contribution is -2.48. The average molecular weight is 598 g/mol. The highest BCUT2D eigenvalue weighted by atomic mass is 19.1. The number of ketones is 1. The molecule has 4 heterocycles. The molecule has 0 bridgehead atoms. The minimum absolute atomic E-state index is 0.0000427. The quantitative estimate of drug-likeness (QED) is 0.435. The Bertz CT molecular complexity index is 1720. The van der Waals surface area contributed by atoms with Crippen LogP contribution < -0.4 is 29.9 Å². The van der Waals surface area contributed by atoms with E-state index in [4.69, 9.17) is 9.47 Å². The van der Waals surface area contributed by atoms with Crippen molar-refractivity contribution in [1.82, 2.24) is 4.68 Å². The van der Waals surface area contributed by atoms with Crippen molar-refractivity contribution in [2.24, 2.45) is 0 Å². The summed E-state index contributed by atoms with van der Waals surface area (Å²) in [6.45, 7) is 3.01. The predicted octanol–water partition coefficient (Wildman–Crippen LogP) is 2.92. The molecule has 0 aliphatic carbocycles. The van der Waals surface area contributed by atoms with E-state index in [-0.39, 0.29) is 41.4 Å². The maximum Gasteiger partial charge on any atom is 0.414 e. The van der Waals surface area contributed by atoms with Crippen LogP contribution in [-0.4, -0.2) is 80.2 Å². The highest BCUT2D eigenvalue weighted by Gasteiger charge is 2.34. The first-order valence-electron chi connectivity index (χ1n) is 13.8. The van der Waals surface area contributed by atoms with E-state index >= 15 is 8.78 Å². The molecule has 1 aromatic heterocycles. The molecule has 3 aliphatic rings. The summed E-state index contributed by atoms with van der Waals surface area (Å²) in [5.74, 6) is -2.51. The molecule has 226 valence electrons. The summed E-state index contributed by atoms with van der Waals surface area (Å²) >= 11 is 0. The van der Waals surface area contributed by atoms with Gasteiger partial charge >= 0.3 is 12.1 Å². The largest absolute Gasteiger partial charge is 0.477 e. The molecule has 0 unspecified atom stereocenters. The molecule has 1 atom stereocenters. The van der Waals surface area contributed by atoms with Gasteiger partial charge in [-0.05, 0) is 37.6 Å². The van der Waals surface area contributed by atoms with E-state index in [0.717, 1.165) is 6.07 Å². The third kappa shape index (κ3) is 4.96. The highest BCUT2D eigenvalue weighted by Crippen LogP contribution is 2.40. The molecule has 14 heteroatoms. The van der Waals surface area contributed by atoms with Crippen molar-refractivity contribution in [3.63, 3.8) is 0 Å². The maximum atomic E-state index is 15.6. The van der Waals surface area contributed by atoms with Crippen molar-refractivity contribution in [1.29, 1.82) is 0 Å². The number of carboxylic acid groups (broad SMARTS) is 1. The molecule has 1 amide bonds. The van der Waals surface area contributed by atoms with Gasteiger partial charge in [-0.1, -0.05) is 0 Å². The molecule has 1 N–H and O–H groups in total. The number of pyridine rings is 1. The van der Waals surface area contributed by atoms with Gasteiger partial charge in [0.05, 0.1) is 23.3 Å². The van der Waals surface area contributed by atoms with Crippen LogP contribution in [0.25, 0.3) is 10.9 Å². The standard InChI is InChI=1S/C29H29F2N5O7/c1-16(37)3-5-18-13-35(29(41)43-18)17-4-6-23(21(30)11-17)33-7-9-34(10-8-33)25-22(31)12-19-24-27(25)42-15-32(2)36(24)14-20(26(19)38)28(39)40/h4,6,11-12,14,18H,3,5,7-10,13,15H2,1-2H3,(H,39,40)/t18-/m0/s1. The number of carbonyl (C=O) groups excluding carboxylic acids is 2. The normalized spacial score (nSPS) is 18.2. The van der Waals surface area contributed by atoms with Crippen LogP contribution in [0.3, 0.4) is 0 Å². The topological polar surface area (TPSA) is 125 Å². The highest BCUT2D eigenvalue weighted by molar-refractivity contribution is 5.97. The van der Waals surface area contributed by atoms with Crippen LogP contribution >= 0.6 is 0 Å². The molecule has 0 radical (unpaired) electrons. The molecule has 6 rings (SSSR count). The number of hydrogen-bond acceptors (Lipinski definition) is 9. The van der Waals surface area contributed by atoms with E-state index in [0.29, 0.717) is 50.4 Å². The van der Waals surface area contributed by atoms with Crippen LogP contribution in [0.5, 0.6) is 5.75 Å². The number of ether oxygens (including phenoxy) is 2. The SMILES string of the molecule is CC(=O)CC[C@H]1CN(c2ccc(N3CCN(c4c(F)cc5c(=O)c(C(=O)O)cn6c5c4OCN6C)CC3)c(F)c2)C(=O)O1. The Morgan fingerprint density at radius 1 is 1.05 bits per heavy atom. The van der Waals surface area contributed by atoms with Gasteiger partial charge in [0.2, 0.25) is 5.43 Å². The van der Waals surface area contributed by atoms with E-state index in [1.54, 1.807) is 29.1 Å². The summed E-state index contributed by atoms with van der Waals surface area (Å²) in [4.78, 5) is 53.1. The number of rotatable bonds is 7. The Morgan fingerprint density at radius 2 is 1.77 bits per heavy atom. The molecular formula is C29H29F2N5O7. The number of aromatic carboxylic acids is 1. The number of Topliss-reactive ketones (excluding diaryl/α,β-unsaturated/α-hetero) is 1. The summed E-state index contributed by atoms with van der Waals surface area (Å²) in [5, 5.41) is 11.0.